The maximum Gasteiger partial charge on any atom is 0.161 e. The van der Waals surface area contributed by atoms with Crippen LogP contribution in [-0.2, 0) is 10.8 Å². The molecule has 1 atom stereocenters. The zero-order valence-corrected chi connectivity index (χ0v) is 13.9. The number of nitrogens with two attached hydrogens (primary N) is 1. The predicted octanol–water partition coefficient (Wildman–Crippen LogP) is 3.23. The molecule has 0 fully saturated rings. The molecule has 4 nitrogen and oxygen atoms in total. The summed E-state index contributed by atoms with van der Waals surface area (Å²) in [5, 5.41) is 0. The topological polar surface area (TPSA) is 61.5 Å². The zero-order valence-electron chi connectivity index (χ0n) is 11.5. The average Bonchev–Trinajstić information content (AvgIpc) is 2.50. The molecule has 112 valence electrons. The van der Waals surface area contributed by atoms with E-state index in [0.717, 1.165) is 4.47 Å². The molecule has 0 aromatic heterocycles. The maximum atomic E-state index is 12.3. The van der Waals surface area contributed by atoms with Crippen molar-refractivity contribution in [2.75, 3.05) is 25.2 Å². The van der Waals surface area contributed by atoms with Gasteiger partial charge in [-0.2, -0.15) is 0 Å². The summed E-state index contributed by atoms with van der Waals surface area (Å²) in [4.78, 5) is 0.619. The molecular formula is C15H16BrNO3S. The second-order valence-corrected chi connectivity index (χ2v) is 6.69. The van der Waals surface area contributed by atoms with Crippen molar-refractivity contribution in [2.24, 2.45) is 0 Å². The van der Waals surface area contributed by atoms with Crippen LogP contribution in [-0.4, -0.2) is 23.7 Å². The number of hydrogen-bond donors (Lipinski definition) is 1. The molecule has 2 rings (SSSR count). The number of methoxy groups -OCH3 is 1. The Morgan fingerprint density at radius 2 is 1.90 bits per heavy atom. The second-order valence-electron chi connectivity index (χ2n) is 4.23. The van der Waals surface area contributed by atoms with Crippen molar-refractivity contribution < 1.29 is 13.7 Å². The van der Waals surface area contributed by atoms with Gasteiger partial charge in [-0.05, 0) is 30.3 Å². The van der Waals surface area contributed by atoms with Crippen LogP contribution < -0.4 is 15.2 Å². The van der Waals surface area contributed by atoms with Crippen LogP contribution >= 0.6 is 15.9 Å². The first kappa shape index (κ1) is 15.9. The molecule has 0 aliphatic carbocycles. The van der Waals surface area contributed by atoms with Crippen molar-refractivity contribution >= 4 is 32.4 Å². The van der Waals surface area contributed by atoms with Crippen LogP contribution in [0.5, 0.6) is 11.5 Å². The summed E-state index contributed by atoms with van der Waals surface area (Å²) in [7, 11) is 0.378. The minimum Gasteiger partial charge on any atom is -0.493 e. The van der Waals surface area contributed by atoms with E-state index in [-0.39, 0.29) is 0 Å². The minimum absolute atomic E-state index is 0.318. The third-order valence-corrected chi connectivity index (χ3v) is 4.69. The molecule has 21 heavy (non-hydrogen) atoms. The first-order valence-electron chi connectivity index (χ1n) is 6.31. The summed E-state index contributed by atoms with van der Waals surface area (Å²) in [6.07, 6.45) is 0. The molecule has 0 aliphatic heterocycles. The fourth-order valence-corrected chi connectivity index (χ4v) is 3.34. The molecule has 2 aromatic rings. The van der Waals surface area contributed by atoms with E-state index in [0.29, 0.717) is 34.4 Å². The minimum atomic E-state index is -1.21. The van der Waals surface area contributed by atoms with Crippen LogP contribution in [0.4, 0.5) is 5.69 Å². The van der Waals surface area contributed by atoms with Crippen LogP contribution in [0.25, 0.3) is 0 Å². The lowest BCUT2D eigenvalue weighted by Crippen LogP contribution is -2.10. The number of rotatable bonds is 6. The first-order chi connectivity index (χ1) is 10.1. The molecule has 0 saturated carbocycles. The lowest BCUT2D eigenvalue weighted by atomic mass is 10.3. The molecular weight excluding hydrogens is 354 g/mol. The number of benzene rings is 2. The van der Waals surface area contributed by atoms with E-state index in [1.165, 1.54) is 0 Å². The summed E-state index contributed by atoms with van der Waals surface area (Å²) in [5.41, 5.74) is 6.37. The van der Waals surface area contributed by atoms with Crippen LogP contribution in [0, 0.1) is 0 Å². The van der Waals surface area contributed by atoms with Gasteiger partial charge in [-0.3, -0.25) is 4.21 Å². The number of nitrogen functional groups attached to an aromatic ring is 1. The first-order valence-corrected chi connectivity index (χ1v) is 8.42. The highest BCUT2D eigenvalue weighted by atomic mass is 79.9. The molecule has 1 unspecified atom stereocenters. The zero-order chi connectivity index (χ0) is 15.2. The van der Waals surface area contributed by atoms with Crippen molar-refractivity contribution in [1.29, 1.82) is 0 Å². The molecule has 2 aromatic carbocycles. The molecule has 6 heteroatoms. The van der Waals surface area contributed by atoms with Gasteiger partial charge in [-0.25, -0.2) is 0 Å². The van der Waals surface area contributed by atoms with Crippen LogP contribution in [0.1, 0.15) is 0 Å². The molecule has 2 N–H and O–H groups in total. The monoisotopic (exact) mass is 369 g/mol. The van der Waals surface area contributed by atoms with E-state index in [1.54, 1.807) is 19.2 Å². The standard InChI is InChI=1S/C15H16BrNO3S/c1-19-13-4-2-3-5-14(13)20-8-9-21(18)15-10-11(16)6-7-12(15)17/h2-7,10H,8-9,17H2,1H3. The summed E-state index contributed by atoms with van der Waals surface area (Å²) in [5.74, 6) is 1.66. The smallest absolute Gasteiger partial charge is 0.161 e. The van der Waals surface area contributed by atoms with Gasteiger partial charge in [0, 0.05) is 10.2 Å². The fourth-order valence-electron chi connectivity index (χ4n) is 1.78. The van der Waals surface area contributed by atoms with Crippen molar-refractivity contribution in [1.82, 2.24) is 0 Å². The highest BCUT2D eigenvalue weighted by Crippen LogP contribution is 2.26. The average molecular weight is 370 g/mol. The number of ether oxygens (including phenoxy) is 2. The highest BCUT2D eigenvalue weighted by molar-refractivity contribution is 9.10. The summed E-state index contributed by atoms with van der Waals surface area (Å²) in [6.45, 7) is 0.318. The molecule has 0 bridgehead atoms. The Bertz CT molecular complexity index is 649. The molecule has 0 heterocycles. The number of para-hydroxylation sites is 2. The third kappa shape index (κ3) is 4.22. The molecule has 0 radical (unpaired) electrons. The van der Waals surface area contributed by atoms with E-state index in [2.05, 4.69) is 15.9 Å². The Labute approximate surface area is 134 Å². The summed E-state index contributed by atoms with van der Waals surface area (Å²) < 4.78 is 23.9. The predicted molar refractivity (Wildman–Crippen MR) is 88.3 cm³/mol. The van der Waals surface area contributed by atoms with E-state index in [1.807, 2.05) is 30.3 Å². The van der Waals surface area contributed by atoms with Crippen LogP contribution in [0.15, 0.2) is 51.8 Å². The highest BCUT2D eigenvalue weighted by Gasteiger charge is 2.10. The largest absolute Gasteiger partial charge is 0.493 e. The van der Waals surface area contributed by atoms with Crippen molar-refractivity contribution in [2.45, 2.75) is 4.90 Å². The number of anilines is 1. The van der Waals surface area contributed by atoms with Crippen molar-refractivity contribution in [3.63, 3.8) is 0 Å². The van der Waals surface area contributed by atoms with E-state index < -0.39 is 10.8 Å². The van der Waals surface area contributed by atoms with E-state index >= 15 is 0 Å². The van der Waals surface area contributed by atoms with E-state index in [4.69, 9.17) is 15.2 Å². The van der Waals surface area contributed by atoms with Gasteiger partial charge in [0.05, 0.1) is 28.6 Å². The van der Waals surface area contributed by atoms with Gasteiger partial charge in [0.25, 0.3) is 0 Å². The van der Waals surface area contributed by atoms with Crippen LogP contribution in [0.2, 0.25) is 0 Å². The molecule has 0 spiro atoms. The third-order valence-electron chi connectivity index (χ3n) is 2.82. The van der Waals surface area contributed by atoms with Gasteiger partial charge >= 0.3 is 0 Å². The van der Waals surface area contributed by atoms with Gasteiger partial charge in [-0.15, -0.1) is 0 Å². The van der Waals surface area contributed by atoms with Gasteiger partial charge in [0.1, 0.15) is 6.61 Å². The number of hydrogen-bond acceptors (Lipinski definition) is 4. The quantitative estimate of drug-likeness (QED) is 0.794. The second kappa shape index (κ2) is 7.47. The van der Waals surface area contributed by atoms with Crippen molar-refractivity contribution in [3.8, 4) is 11.5 Å². The Morgan fingerprint density at radius 1 is 1.19 bits per heavy atom. The Balaban J connectivity index is 1.97. The lowest BCUT2D eigenvalue weighted by Gasteiger charge is -2.11. The van der Waals surface area contributed by atoms with E-state index in [9.17, 15) is 4.21 Å². The lowest BCUT2D eigenvalue weighted by molar-refractivity contribution is 0.313. The van der Waals surface area contributed by atoms with Gasteiger partial charge in [0.2, 0.25) is 0 Å². The molecule has 0 aliphatic rings. The normalized spacial score (nSPS) is 11.9. The Hall–Kier alpha value is -1.53. The van der Waals surface area contributed by atoms with Gasteiger partial charge in [-0.1, -0.05) is 28.1 Å². The summed E-state index contributed by atoms with van der Waals surface area (Å²) >= 11 is 3.35. The fraction of sp³-hybridized carbons (Fsp3) is 0.200. The summed E-state index contributed by atoms with van der Waals surface area (Å²) in [6, 6.07) is 12.7. The molecule has 0 amide bonds. The SMILES string of the molecule is COc1ccccc1OCCS(=O)c1cc(Br)ccc1N. The number of halogens is 1. The van der Waals surface area contributed by atoms with Gasteiger partial charge in [0.15, 0.2) is 11.5 Å². The molecule has 0 saturated heterocycles. The maximum absolute atomic E-state index is 12.3. The Morgan fingerprint density at radius 3 is 2.62 bits per heavy atom. The van der Waals surface area contributed by atoms with Gasteiger partial charge < -0.3 is 15.2 Å². The van der Waals surface area contributed by atoms with Crippen LogP contribution in [0.3, 0.4) is 0 Å². The Kier molecular flexibility index (Phi) is 5.64. The van der Waals surface area contributed by atoms with Crippen molar-refractivity contribution in [3.05, 3.63) is 46.9 Å².